The van der Waals surface area contributed by atoms with Crippen molar-refractivity contribution in [3.63, 3.8) is 0 Å². The highest BCUT2D eigenvalue weighted by atomic mass is 35.5. The molecule has 4 aromatic rings. The van der Waals surface area contributed by atoms with Crippen LogP contribution in [-0.2, 0) is 0 Å². The molecule has 138 valence electrons. The molecule has 1 aromatic carbocycles. The molecule has 0 fully saturated rings. The smallest absolute Gasteiger partial charge is 0.201 e. The second kappa shape index (κ2) is 7.98. The van der Waals surface area contributed by atoms with Crippen molar-refractivity contribution in [1.82, 2.24) is 24.1 Å². The highest BCUT2D eigenvalue weighted by molar-refractivity contribution is 8.01. The molecule has 28 heavy (non-hydrogen) atoms. The normalized spacial score (nSPS) is 10.6. The van der Waals surface area contributed by atoms with Crippen LogP contribution < -0.4 is 4.74 Å². The third kappa shape index (κ3) is 3.45. The van der Waals surface area contributed by atoms with Gasteiger partial charge in [-0.2, -0.15) is 9.64 Å². The average molecular weight is 427 g/mol. The lowest BCUT2D eigenvalue weighted by Crippen LogP contribution is -1.99. The number of benzene rings is 1. The summed E-state index contributed by atoms with van der Waals surface area (Å²) in [4.78, 5) is 4.06. The first-order valence-corrected chi connectivity index (χ1v) is 9.91. The molecule has 0 atom stereocenters. The highest BCUT2D eigenvalue weighted by Gasteiger charge is 2.20. The van der Waals surface area contributed by atoms with Gasteiger partial charge in [-0.1, -0.05) is 11.6 Å². The van der Waals surface area contributed by atoms with Crippen LogP contribution in [0, 0.1) is 11.3 Å². The Hall–Kier alpha value is -2.93. The number of hydrogen-bond donors (Lipinski definition) is 0. The summed E-state index contributed by atoms with van der Waals surface area (Å²) in [5, 5.41) is 18.8. The lowest BCUT2D eigenvalue weighted by atomic mass is 10.2. The van der Waals surface area contributed by atoms with Crippen LogP contribution in [0.5, 0.6) is 5.75 Å². The van der Waals surface area contributed by atoms with Gasteiger partial charge in [0.25, 0.3) is 0 Å². The minimum atomic E-state index is 0.194. The van der Waals surface area contributed by atoms with Gasteiger partial charge in [0.1, 0.15) is 21.6 Å². The van der Waals surface area contributed by atoms with Crippen molar-refractivity contribution in [3.8, 4) is 28.9 Å². The van der Waals surface area contributed by atoms with E-state index in [1.54, 1.807) is 19.5 Å². The van der Waals surface area contributed by atoms with Gasteiger partial charge in [0.05, 0.1) is 12.8 Å². The Labute approximate surface area is 173 Å². The summed E-state index contributed by atoms with van der Waals surface area (Å²) in [6, 6.07) is 13.4. The van der Waals surface area contributed by atoms with E-state index in [9.17, 15) is 5.26 Å². The molecule has 0 radical (unpaired) electrons. The van der Waals surface area contributed by atoms with E-state index in [2.05, 4.69) is 25.6 Å². The summed E-state index contributed by atoms with van der Waals surface area (Å²) in [7, 11) is 1.62. The highest BCUT2D eigenvalue weighted by Crippen LogP contribution is 2.38. The number of pyridine rings is 1. The molecule has 0 bridgehead atoms. The molecular weight excluding hydrogens is 416 g/mol. The molecule has 0 aliphatic carbocycles. The van der Waals surface area contributed by atoms with Gasteiger partial charge in [0, 0.05) is 18.0 Å². The predicted molar refractivity (Wildman–Crippen MR) is 107 cm³/mol. The summed E-state index contributed by atoms with van der Waals surface area (Å²) < 4.78 is 11.9. The molecular formula is C18H11ClN6OS2. The van der Waals surface area contributed by atoms with Crippen molar-refractivity contribution >= 4 is 34.9 Å². The van der Waals surface area contributed by atoms with Crippen LogP contribution in [0.2, 0.25) is 5.15 Å². The molecule has 0 amide bonds. The molecule has 3 aromatic heterocycles. The monoisotopic (exact) mass is 426 g/mol. The molecule has 0 unspecified atom stereocenters. The lowest BCUT2D eigenvalue weighted by Gasteiger charge is -2.10. The molecule has 0 saturated carbocycles. The Morgan fingerprint density at radius 2 is 1.89 bits per heavy atom. The van der Waals surface area contributed by atoms with E-state index in [0.29, 0.717) is 20.8 Å². The van der Waals surface area contributed by atoms with E-state index in [4.69, 9.17) is 16.3 Å². The van der Waals surface area contributed by atoms with Crippen LogP contribution in [0.3, 0.4) is 0 Å². The van der Waals surface area contributed by atoms with Crippen molar-refractivity contribution in [2.45, 2.75) is 9.37 Å². The second-order valence-electron chi connectivity index (χ2n) is 5.43. The van der Waals surface area contributed by atoms with E-state index in [1.165, 1.54) is 11.8 Å². The number of nitriles is 1. The van der Waals surface area contributed by atoms with Crippen LogP contribution in [-0.4, -0.2) is 31.2 Å². The maximum absolute atomic E-state index is 9.35. The van der Waals surface area contributed by atoms with Crippen LogP contribution in [0.15, 0.2) is 58.2 Å². The van der Waals surface area contributed by atoms with Gasteiger partial charge in [-0.15, -0.1) is 10.2 Å². The number of nitrogens with zero attached hydrogens (tertiary/aromatic N) is 6. The first-order chi connectivity index (χ1) is 13.7. The topological polar surface area (TPSA) is 89.5 Å². The minimum Gasteiger partial charge on any atom is -0.497 e. The Morgan fingerprint density at radius 3 is 2.57 bits per heavy atom. The van der Waals surface area contributed by atoms with E-state index < -0.39 is 0 Å². The van der Waals surface area contributed by atoms with Crippen molar-refractivity contribution in [3.05, 3.63) is 59.5 Å². The fourth-order valence-corrected chi connectivity index (χ4v) is 4.59. The summed E-state index contributed by atoms with van der Waals surface area (Å²) in [5.74, 6) is 1.40. The Kier molecular flexibility index (Phi) is 5.25. The Balaban J connectivity index is 1.84. The van der Waals surface area contributed by atoms with Gasteiger partial charge < -0.3 is 4.74 Å². The molecule has 4 rings (SSSR count). The fourth-order valence-electron chi connectivity index (χ4n) is 2.49. The van der Waals surface area contributed by atoms with Crippen molar-refractivity contribution in [2.75, 3.05) is 7.11 Å². The number of aromatic nitrogens is 5. The quantitative estimate of drug-likeness (QED) is 0.465. The summed E-state index contributed by atoms with van der Waals surface area (Å²) in [5.41, 5.74) is 2.06. The Bertz CT molecular complexity index is 1150. The van der Waals surface area contributed by atoms with E-state index in [0.717, 1.165) is 28.5 Å². The third-order valence-corrected chi connectivity index (χ3v) is 6.14. The molecule has 0 spiro atoms. The average Bonchev–Trinajstić information content (AvgIpc) is 3.32. The number of hydrogen-bond acceptors (Lipinski definition) is 8. The number of ether oxygens (including phenoxy) is 1. The SMILES string of the molecule is COc1ccc(-n2c(Sc3snc(Cl)c3C#N)nnc2-c2ccncc2)cc1. The maximum Gasteiger partial charge on any atom is 0.201 e. The van der Waals surface area contributed by atoms with Gasteiger partial charge in [-0.05, 0) is 59.7 Å². The minimum absolute atomic E-state index is 0.194. The number of methoxy groups -OCH3 is 1. The van der Waals surface area contributed by atoms with Crippen LogP contribution in [0.1, 0.15) is 5.56 Å². The standard InChI is InChI=1S/C18H11ClN6OS2/c1-26-13-4-2-12(3-5-13)25-16(11-6-8-21-9-7-11)22-23-18(25)27-17-14(10-20)15(19)24-28-17/h2-9H,1H3. The second-order valence-corrected chi connectivity index (χ2v) is 7.79. The molecule has 0 N–H and O–H groups in total. The van der Waals surface area contributed by atoms with Gasteiger partial charge >= 0.3 is 0 Å². The number of rotatable bonds is 5. The molecule has 0 saturated heterocycles. The zero-order chi connectivity index (χ0) is 19.5. The first kappa shape index (κ1) is 18.4. The molecule has 3 heterocycles. The van der Waals surface area contributed by atoms with Gasteiger partial charge in [-0.25, -0.2) is 0 Å². The molecule has 7 nitrogen and oxygen atoms in total. The summed E-state index contributed by atoms with van der Waals surface area (Å²) in [6.45, 7) is 0. The van der Waals surface area contributed by atoms with E-state index >= 15 is 0 Å². The van der Waals surface area contributed by atoms with Gasteiger partial charge in [0.15, 0.2) is 11.0 Å². The zero-order valence-electron chi connectivity index (χ0n) is 14.4. The van der Waals surface area contributed by atoms with Crippen LogP contribution in [0.25, 0.3) is 17.1 Å². The van der Waals surface area contributed by atoms with Crippen molar-refractivity contribution in [1.29, 1.82) is 5.26 Å². The van der Waals surface area contributed by atoms with Crippen molar-refractivity contribution in [2.24, 2.45) is 0 Å². The third-order valence-electron chi connectivity index (χ3n) is 3.82. The molecule has 0 aliphatic rings. The lowest BCUT2D eigenvalue weighted by molar-refractivity contribution is 0.414. The number of halogens is 1. The predicted octanol–water partition coefficient (Wildman–Crippen LogP) is 4.47. The summed E-state index contributed by atoms with van der Waals surface area (Å²) >= 11 is 8.46. The van der Waals surface area contributed by atoms with Crippen molar-refractivity contribution < 1.29 is 4.74 Å². The molecule has 10 heteroatoms. The largest absolute Gasteiger partial charge is 0.497 e. The van der Waals surface area contributed by atoms with Crippen LogP contribution in [0.4, 0.5) is 0 Å². The van der Waals surface area contributed by atoms with Gasteiger partial charge in [0.2, 0.25) is 5.16 Å². The van der Waals surface area contributed by atoms with Gasteiger partial charge in [-0.3, -0.25) is 9.55 Å². The van der Waals surface area contributed by atoms with E-state index in [-0.39, 0.29) is 5.15 Å². The maximum atomic E-state index is 9.35. The van der Waals surface area contributed by atoms with Crippen LogP contribution >= 0.6 is 34.9 Å². The summed E-state index contributed by atoms with van der Waals surface area (Å²) in [6.07, 6.45) is 3.40. The van der Waals surface area contributed by atoms with E-state index in [1.807, 2.05) is 41.0 Å². The Morgan fingerprint density at radius 1 is 1.14 bits per heavy atom. The zero-order valence-corrected chi connectivity index (χ0v) is 16.8. The fraction of sp³-hybridized carbons (Fsp3) is 0.0556. The molecule has 0 aliphatic heterocycles. The first-order valence-electron chi connectivity index (χ1n) is 7.94.